The lowest BCUT2D eigenvalue weighted by Gasteiger charge is -2.09. The molecule has 0 radical (unpaired) electrons. The highest BCUT2D eigenvalue weighted by Gasteiger charge is 2.18. The molecule has 0 spiro atoms. The number of benzene rings is 1. The van der Waals surface area contributed by atoms with Crippen LogP contribution in [0.4, 0.5) is 5.69 Å². The molecule has 2 N–H and O–H groups in total. The van der Waals surface area contributed by atoms with Gasteiger partial charge in [-0.15, -0.1) is 0 Å². The normalized spacial score (nSPS) is 14.5. The lowest BCUT2D eigenvalue weighted by atomic mass is 10.3. The van der Waals surface area contributed by atoms with Gasteiger partial charge in [-0.05, 0) is 42.8 Å². The van der Waals surface area contributed by atoms with Crippen LogP contribution in [0.2, 0.25) is 0 Å². The van der Waals surface area contributed by atoms with Gasteiger partial charge >= 0.3 is 0 Å². The van der Waals surface area contributed by atoms with Crippen LogP contribution in [0, 0.1) is 0 Å². The minimum Gasteiger partial charge on any atom is -0.465 e. The molecule has 0 bridgehead atoms. The Hall–Kier alpha value is -2.87. The number of furan rings is 1. The quantitative estimate of drug-likeness (QED) is 0.801. The van der Waals surface area contributed by atoms with Crippen LogP contribution in [0.25, 0.3) is 6.08 Å². The van der Waals surface area contributed by atoms with E-state index in [9.17, 15) is 13.2 Å². The van der Waals surface area contributed by atoms with Crippen LogP contribution in [0.1, 0.15) is 18.6 Å². The van der Waals surface area contributed by atoms with E-state index in [1.807, 2.05) is 0 Å². The van der Waals surface area contributed by atoms with E-state index < -0.39 is 10.0 Å². The van der Waals surface area contributed by atoms with Crippen molar-refractivity contribution in [3.8, 4) is 0 Å². The minimum absolute atomic E-state index is 0.0647. The highest BCUT2D eigenvalue weighted by molar-refractivity contribution is 7.90. The average molecular weight is 359 g/mol. The zero-order chi connectivity index (χ0) is 17.7. The second-order valence-corrected chi connectivity index (χ2v) is 7.09. The third kappa shape index (κ3) is 4.57. The summed E-state index contributed by atoms with van der Waals surface area (Å²) in [5, 5.41) is 2.62. The molecule has 1 aromatic heterocycles. The van der Waals surface area contributed by atoms with Gasteiger partial charge in [0.15, 0.2) is 0 Å². The molecule has 0 fully saturated rings. The summed E-state index contributed by atoms with van der Waals surface area (Å²) in [4.78, 5) is 16.1. The molecule has 2 heterocycles. The van der Waals surface area contributed by atoms with Gasteiger partial charge in [-0.25, -0.2) is 8.42 Å². The van der Waals surface area contributed by atoms with Gasteiger partial charge in [0.25, 0.3) is 10.0 Å². The van der Waals surface area contributed by atoms with Crippen molar-refractivity contribution in [2.75, 3.05) is 11.9 Å². The van der Waals surface area contributed by atoms with E-state index in [0.717, 1.165) is 6.42 Å². The monoisotopic (exact) mass is 359 g/mol. The molecule has 0 atom stereocenters. The summed E-state index contributed by atoms with van der Waals surface area (Å²) in [7, 11) is -3.71. The Labute approximate surface area is 145 Å². The predicted octanol–water partition coefficient (Wildman–Crippen LogP) is 2.40. The standard InChI is InChI=1S/C17H17N3O4S/c21-17(9-8-14-5-3-11-24-14)19-13-4-1-6-15(12-13)25(22,23)20-16-7-2-10-18-16/h1,3-6,8-9,11-12H,2,7,10H2,(H,18,20)(H,19,21)/b9-8+. The molecule has 1 aromatic carbocycles. The van der Waals surface area contributed by atoms with E-state index in [-0.39, 0.29) is 10.8 Å². The smallest absolute Gasteiger partial charge is 0.262 e. The van der Waals surface area contributed by atoms with E-state index in [1.54, 1.807) is 24.3 Å². The van der Waals surface area contributed by atoms with Crippen molar-refractivity contribution in [1.29, 1.82) is 0 Å². The first-order valence-electron chi connectivity index (χ1n) is 7.72. The van der Waals surface area contributed by atoms with Gasteiger partial charge in [0.05, 0.1) is 11.2 Å². The maximum absolute atomic E-state index is 12.4. The molecule has 1 aliphatic heterocycles. The maximum atomic E-state index is 12.4. The second kappa shape index (κ2) is 7.35. The number of hydrogen-bond acceptors (Lipinski definition) is 5. The fourth-order valence-corrected chi connectivity index (χ4v) is 3.44. The van der Waals surface area contributed by atoms with E-state index in [2.05, 4.69) is 15.0 Å². The van der Waals surface area contributed by atoms with Crippen LogP contribution in [-0.2, 0) is 14.8 Å². The molecule has 3 rings (SSSR count). The highest BCUT2D eigenvalue weighted by atomic mass is 32.2. The van der Waals surface area contributed by atoms with E-state index >= 15 is 0 Å². The van der Waals surface area contributed by atoms with Crippen molar-refractivity contribution in [3.63, 3.8) is 0 Å². The van der Waals surface area contributed by atoms with Crippen LogP contribution in [-0.4, -0.2) is 26.7 Å². The van der Waals surface area contributed by atoms with E-state index in [4.69, 9.17) is 4.42 Å². The Morgan fingerprint density at radius 1 is 1.24 bits per heavy atom. The van der Waals surface area contributed by atoms with Gasteiger partial charge in [-0.1, -0.05) is 6.07 Å². The summed E-state index contributed by atoms with van der Waals surface area (Å²) in [5.41, 5.74) is 0.380. The van der Waals surface area contributed by atoms with Crippen molar-refractivity contribution < 1.29 is 17.6 Å². The predicted molar refractivity (Wildman–Crippen MR) is 94.7 cm³/mol. The summed E-state index contributed by atoms with van der Waals surface area (Å²) < 4.78 is 32.3. The summed E-state index contributed by atoms with van der Waals surface area (Å²) in [6.07, 6.45) is 5.80. The van der Waals surface area contributed by atoms with Crippen molar-refractivity contribution in [3.05, 3.63) is 54.5 Å². The molecule has 8 heteroatoms. The average Bonchev–Trinajstić information content (AvgIpc) is 3.26. The van der Waals surface area contributed by atoms with Gasteiger partial charge in [0.1, 0.15) is 11.6 Å². The molecule has 25 heavy (non-hydrogen) atoms. The molecular weight excluding hydrogens is 342 g/mol. The number of carbonyl (C=O) groups is 1. The lowest BCUT2D eigenvalue weighted by Crippen LogP contribution is -2.29. The SMILES string of the molecule is O=C(/C=C/c1ccco1)Nc1cccc(S(=O)(=O)NC2=NCCC2)c1. The molecule has 0 aliphatic carbocycles. The number of nitrogens with one attached hydrogen (secondary N) is 2. The summed E-state index contributed by atoms with van der Waals surface area (Å²) in [5.74, 6) is 0.628. The Morgan fingerprint density at radius 2 is 2.12 bits per heavy atom. The molecule has 0 unspecified atom stereocenters. The summed E-state index contributed by atoms with van der Waals surface area (Å²) in [6, 6.07) is 9.48. The Bertz CT molecular complexity index is 915. The molecule has 1 aliphatic rings. The number of aliphatic imine (C=N–C) groups is 1. The molecule has 130 valence electrons. The van der Waals surface area contributed by atoms with Crippen LogP contribution >= 0.6 is 0 Å². The molecule has 1 amide bonds. The number of sulfonamides is 1. The molecule has 0 saturated heterocycles. The topological polar surface area (TPSA) is 101 Å². The summed E-state index contributed by atoms with van der Waals surface area (Å²) >= 11 is 0. The number of carbonyl (C=O) groups excluding carboxylic acids is 1. The zero-order valence-electron chi connectivity index (χ0n) is 13.3. The third-order valence-corrected chi connectivity index (χ3v) is 4.86. The largest absolute Gasteiger partial charge is 0.465 e. The first-order valence-corrected chi connectivity index (χ1v) is 9.20. The van der Waals surface area contributed by atoms with Crippen molar-refractivity contribution in [2.45, 2.75) is 17.7 Å². The number of nitrogens with zero attached hydrogens (tertiary/aromatic N) is 1. The number of rotatable bonds is 5. The first kappa shape index (κ1) is 17.0. The summed E-state index contributed by atoms with van der Waals surface area (Å²) in [6.45, 7) is 0.635. The fraction of sp³-hybridized carbons (Fsp3) is 0.176. The first-order chi connectivity index (χ1) is 12.0. The highest BCUT2D eigenvalue weighted by Crippen LogP contribution is 2.16. The van der Waals surface area contributed by atoms with E-state index in [0.29, 0.717) is 30.2 Å². The number of amides is 1. The van der Waals surface area contributed by atoms with Crippen molar-refractivity contribution in [2.24, 2.45) is 4.99 Å². The molecule has 2 aromatic rings. The Morgan fingerprint density at radius 3 is 2.84 bits per heavy atom. The number of amidine groups is 1. The number of anilines is 1. The maximum Gasteiger partial charge on any atom is 0.262 e. The minimum atomic E-state index is -3.71. The van der Waals surface area contributed by atoms with Crippen LogP contribution in [0.3, 0.4) is 0 Å². The van der Waals surface area contributed by atoms with Crippen LogP contribution < -0.4 is 10.0 Å². The van der Waals surface area contributed by atoms with Gasteiger partial charge in [0.2, 0.25) is 5.91 Å². The Kier molecular flexibility index (Phi) is 4.99. The molecule has 0 saturated carbocycles. The molecular formula is C17H17N3O4S. The second-order valence-electron chi connectivity index (χ2n) is 5.40. The van der Waals surface area contributed by atoms with Gasteiger partial charge in [-0.3, -0.25) is 14.5 Å². The Balaban J connectivity index is 1.69. The zero-order valence-corrected chi connectivity index (χ0v) is 14.1. The molecule has 7 nitrogen and oxygen atoms in total. The lowest BCUT2D eigenvalue weighted by molar-refractivity contribution is -0.111. The number of hydrogen-bond donors (Lipinski definition) is 2. The van der Waals surface area contributed by atoms with E-state index in [1.165, 1.54) is 30.5 Å². The third-order valence-electron chi connectivity index (χ3n) is 3.48. The fourth-order valence-electron chi connectivity index (χ4n) is 2.31. The van der Waals surface area contributed by atoms with Gasteiger partial charge < -0.3 is 9.73 Å². The van der Waals surface area contributed by atoms with Crippen LogP contribution in [0.5, 0.6) is 0 Å². The van der Waals surface area contributed by atoms with Gasteiger partial charge in [0, 0.05) is 24.7 Å². The van der Waals surface area contributed by atoms with Crippen molar-refractivity contribution >= 4 is 33.5 Å². The van der Waals surface area contributed by atoms with Crippen LogP contribution in [0.15, 0.2) is 63.0 Å². The van der Waals surface area contributed by atoms with Gasteiger partial charge in [-0.2, -0.15) is 0 Å². The van der Waals surface area contributed by atoms with Crippen molar-refractivity contribution in [1.82, 2.24) is 4.72 Å².